The van der Waals surface area contributed by atoms with Gasteiger partial charge in [-0.25, -0.2) is 0 Å². The van der Waals surface area contributed by atoms with Gasteiger partial charge in [-0.3, -0.25) is 0 Å². The molecule has 1 heterocycles. The van der Waals surface area contributed by atoms with E-state index in [4.69, 9.17) is 16.3 Å². The fourth-order valence-corrected chi connectivity index (χ4v) is 3.03. The van der Waals surface area contributed by atoms with E-state index in [9.17, 15) is 0 Å². The van der Waals surface area contributed by atoms with E-state index in [0.717, 1.165) is 54.4 Å². The third-order valence-corrected chi connectivity index (χ3v) is 4.11. The maximum Gasteiger partial charge on any atom is 0.130 e. The highest BCUT2D eigenvalue weighted by molar-refractivity contribution is 6.33. The molecule has 0 spiro atoms. The Labute approximate surface area is 131 Å². The van der Waals surface area contributed by atoms with E-state index in [-0.39, 0.29) is 0 Å². The van der Waals surface area contributed by atoms with Gasteiger partial charge in [0, 0.05) is 29.1 Å². The molecule has 2 nitrogen and oxygen atoms in total. The van der Waals surface area contributed by atoms with Crippen molar-refractivity contribution in [2.45, 2.75) is 26.3 Å². The number of hydrogen-bond acceptors (Lipinski definition) is 2. The normalized spacial score (nSPS) is 13.0. The van der Waals surface area contributed by atoms with Gasteiger partial charge in [0.15, 0.2) is 0 Å². The average Bonchev–Trinajstić information content (AvgIpc) is 2.96. The number of halogens is 1. The molecule has 2 aromatic carbocycles. The van der Waals surface area contributed by atoms with E-state index in [1.54, 1.807) is 0 Å². The van der Waals surface area contributed by atoms with Crippen LogP contribution in [-0.2, 0) is 13.0 Å². The van der Waals surface area contributed by atoms with E-state index >= 15 is 0 Å². The first-order chi connectivity index (χ1) is 10.3. The van der Waals surface area contributed by atoms with Crippen molar-refractivity contribution < 1.29 is 4.74 Å². The van der Waals surface area contributed by atoms with Crippen molar-refractivity contribution in [1.82, 2.24) is 5.32 Å². The molecule has 110 valence electrons. The van der Waals surface area contributed by atoms with Crippen molar-refractivity contribution >= 4 is 11.6 Å². The van der Waals surface area contributed by atoms with Crippen LogP contribution in [-0.4, -0.2) is 13.2 Å². The molecule has 0 amide bonds. The molecule has 3 heteroatoms. The Hall–Kier alpha value is -1.51. The highest BCUT2D eigenvalue weighted by atomic mass is 35.5. The van der Waals surface area contributed by atoms with E-state index < -0.39 is 0 Å². The molecule has 1 N–H and O–H groups in total. The first-order valence-corrected chi connectivity index (χ1v) is 7.91. The van der Waals surface area contributed by atoms with Crippen LogP contribution in [0.4, 0.5) is 0 Å². The highest BCUT2D eigenvalue weighted by Crippen LogP contribution is 2.39. The monoisotopic (exact) mass is 301 g/mol. The topological polar surface area (TPSA) is 21.3 Å². The van der Waals surface area contributed by atoms with Crippen LogP contribution in [0.15, 0.2) is 36.4 Å². The van der Waals surface area contributed by atoms with E-state index in [2.05, 4.69) is 42.6 Å². The number of benzene rings is 2. The summed E-state index contributed by atoms with van der Waals surface area (Å²) >= 11 is 6.50. The molecule has 0 aliphatic carbocycles. The lowest BCUT2D eigenvalue weighted by Gasteiger charge is -2.11. The van der Waals surface area contributed by atoms with Crippen LogP contribution in [0.2, 0.25) is 5.02 Å². The first-order valence-electron chi connectivity index (χ1n) is 7.54. The summed E-state index contributed by atoms with van der Waals surface area (Å²) in [4.78, 5) is 0. The molecular formula is C18H20ClNO. The van der Waals surface area contributed by atoms with E-state index in [1.807, 2.05) is 6.07 Å². The Kier molecular flexibility index (Phi) is 4.47. The number of ether oxygens (including phenoxy) is 1. The lowest BCUT2D eigenvalue weighted by atomic mass is 10.00. The maximum atomic E-state index is 6.50. The van der Waals surface area contributed by atoms with Gasteiger partial charge in [-0.15, -0.1) is 0 Å². The van der Waals surface area contributed by atoms with Crippen molar-refractivity contribution in [3.63, 3.8) is 0 Å². The minimum atomic E-state index is 0.767. The fourth-order valence-electron chi connectivity index (χ4n) is 2.72. The van der Waals surface area contributed by atoms with Gasteiger partial charge in [0.2, 0.25) is 0 Å². The van der Waals surface area contributed by atoms with Crippen molar-refractivity contribution in [2.75, 3.05) is 13.2 Å². The molecule has 1 aliphatic heterocycles. The standard InChI is InChI=1S/C18H20ClNO/c1-2-9-20-12-13-6-7-15(17(19)11-13)16-5-3-4-14-8-10-21-18(14)16/h3-7,11,20H,2,8-10,12H2,1H3. The molecule has 0 fully saturated rings. The number of fused-ring (bicyclic) bond motifs is 1. The van der Waals surface area contributed by atoms with Crippen LogP contribution < -0.4 is 10.1 Å². The lowest BCUT2D eigenvalue weighted by Crippen LogP contribution is -2.13. The summed E-state index contributed by atoms with van der Waals surface area (Å²) in [5, 5.41) is 4.18. The van der Waals surface area contributed by atoms with Gasteiger partial charge in [-0.05, 0) is 30.2 Å². The van der Waals surface area contributed by atoms with Crippen molar-refractivity contribution in [1.29, 1.82) is 0 Å². The van der Waals surface area contributed by atoms with Crippen LogP contribution in [0.1, 0.15) is 24.5 Å². The molecule has 0 saturated heterocycles. The van der Waals surface area contributed by atoms with Crippen LogP contribution in [0, 0.1) is 0 Å². The summed E-state index contributed by atoms with van der Waals surface area (Å²) in [5.41, 5.74) is 4.64. The van der Waals surface area contributed by atoms with Crippen LogP contribution in [0.5, 0.6) is 5.75 Å². The first kappa shape index (κ1) is 14.4. The summed E-state index contributed by atoms with van der Waals surface area (Å²) in [5.74, 6) is 0.997. The number of para-hydroxylation sites is 1. The van der Waals surface area contributed by atoms with Gasteiger partial charge < -0.3 is 10.1 Å². The van der Waals surface area contributed by atoms with Crippen molar-refractivity contribution in [3.8, 4) is 16.9 Å². The van der Waals surface area contributed by atoms with Crippen LogP contribution in [0.25, 0.3) is 11.1 Å². The highest BCUT2D eigenvalue weighted by Gasteiger charge is 2.18. The molecular weight excluding hydrogens is 282 g/mol. The maximum absolute atomic E-state index is 6.50. The van der Waals surface area contributed by atoms with Crippen molar-refractivity contribution in [2.24, 2.45) is 0 Å². The Bertz CT molecular complexity index is 639. The smallest absolute Gasteiger partial charge is 0.130 e. The molecule has 0 saturated carbocycles. The quantitative estimate of drug-likeness (QED) is 0.824. The minimum absolute atomic E-state index is 0.767. The molecule has 1 aliphatic rings. The summed E-state index contributed by atoms with van der Waals surface area (Å²) in [6.07, 6.45) is 2.12. The molecule has 3 rings (SSSR count). The zero-order chi connectivity index (χ0) is 14.7. The largest absolute Gasteiger partial charge is 0.492 e. The van der Waals surface area contributed by atoms with E-state index in [1.165, 1.54) is 11.1 Å². The van der Waals surface area contributed by atoms with Crippen molar-refractivity contribution in [3.05, 3.63) is 52.5 Å². The molecule has 2 aromatic rings. The van der Waals surface area contributed by atoms with Crippen LogP contribution >= 0.6 is 11.6 Å². The molecule has 0 unspecified atom stereocenters. The average molecular weight is 302 g/mol. The fraction of sp³-hybridized carbons (Fsp3) is 0.333. The van der Waals surface area contributed by atoms with Gasteiger partial charge in [0.05, 0.1) is 6.61 Å². The van der Waals surface area contributed by atoms with Gasteiger partial charge in [-0.2, -0.15) is 0 Å². The summed E-state index contributed by atoms with van der Waals surface area (Å²) in [7, 11) is 0. The second-order valence-corrected chi connectivity index (χ2v) is 5.79. The zero-order valence-corrected chi connectivity index (χ0v) is 13.0. The predicted octanol–water partition coefficient (Wildman–Crippen LogP) is 4.44. The Morgan fingerprint density at radius 1 is 1.19 bits per heavy atom. The third kappa shape index (κ3) is 3.07. The third-order valence-electron chi connectivity index (χ3n) is 3.79. The lowest BCUT2D eigenvalue weighted by molar-refractivity contribution is 0.358. The Morgan fingerprint density at radius 2 is 2.10 bits per heavy atom. The Morgan fingerprint density at radius 3 is 2.90 bits per heavy atom. The molecule has 21 heavy (non-hydrogen) atoms. The Balaban J connectivity index is 1.88. The predicted molar refractivity (Wildman–Crippen MR) is 88.1 cm³/mol. The molecule has 0 aromatic heterocycles. The van der Waals surface area contributed by atoms with E-state index in [0.29, 0.717) is 0 Å². The van der Waals surface area contributed by atoms with Gasteiger partial charge in [0.1, 0.15) is 5.75 Å². The summed E-state index contributed by atoms with van der Waals surface area (Å²) in [6, 6.07) is 12.6. The second-order valence-electron chi connectivity index (χ2n) is 5.38. The number of nitrogens with one attached hydrogen (secondary N) is 1. The van der Waals surface area contributed by atoms with Gasteiger partial charge in [-0.1, -0.05) is 48.9 Å². The van der Waals surface area contributed by atoms with Crippen LogP contribution in [0.3, 0.4) is 0 Å². The summed E-state index contributed by atoms with van der Waals surface area (Å²) in [6.45, 7) is 4.82. The van der Waals surface area contributed by atoms with Gasteiger partial charge >= 0.3 is 0 Å². The number of rotatable bonds is 5. The second kappa shape index (κ2) is 6.50. The molecule has 0 radical (unpaired) electrons. The molecule has 0 atom stereocenters. The minimum Gasteiger partial charge on any atom is -0.492 e. The number of hydrogen-bond donors (Lipinski definition) is 1. The van der Waals surface area contributed by atoms with Gasteiger partial charge in [0.25, 0.3) is 0 Å². The SMILES string of the molecule is CCCNCc1ccc(-c2cccc3c2OCC3)c(Cl)c1. The molecule has 0 bridgehead atoms. The summed E-state index contributed by atoms with van der Waals surface area (Å²) < 4.78 is 5.78. The zero-order valence-electron chi connectivity index (χ0n) is 12.3.